The molecule has 1 N–H and O–H groups in total. The van der Waals surface area contributed by atoms with E-state index in [1.807, 2.05) is 24.4 Å². The third-order valence-corrected chi connectivity index (χ3v) is 6.01. The number of rotatable bonds is 5. The largest absolute Gasteiger partial charge is 0.481 e. The predicted octanol–water partition coefficient (Wildman–Crippen LogP) is 5.24. The Hall–Kier alpha value is -2.72. The topological polar surface area (TPSA) is 53.4 Å². The van der Waals surface area contributed by atoms with Crippen molar-refractivity contribution in [2.75, 3.05) is 13.1 Å². The summed E-state index contributed by atoms with van der Waals surface area (Å²) < 4.78 is 0. The lowest BCUT2D eigenvalue weighted by Gasteiger charge is -2.37. The normalized spacial score (nSPS) is 18.8. The highest BCUT2D eigenvalue weighted by Gasteiger charge is 2.31. The van der Waals surface area contributed by atoms with Crippen LogP contribution in [0.3, 0.4) is 0 Å². The summed E-state index contributed by atoms with van der Waals surface area (Å²) in [5.74, 6) is -0.522. The van der Waals surface area contributed by atoms with Crippen LogP contribution in [0.2, 0.25) is 0 Å². The fourth-order valence-electron chi connectivity index (χ4n) is 4.36. The highest BCUT2D eigenvalue weighted by atomic mass is 16.4. The summed E-state index contributed by atoms with van der Waals surface area (Å²) in [7, 11) is 0. The molecule has 1 aliphatic rings. The molecular weight excluding hydrogens is 360 g/mol. The van der Waals surface area contributed by atoms with Crippen molar-refractivity contribution in [3.05, 3.63) is 77.5 Å². The average molecular weight is 389 g/mol. The molecule has 150 valence electrons. The number of carboxylic acid groups (broad SMARTS) is 1. The molecule has 1 saturated heterocycles. The summed E-state index contributed by atoms with van der Waals surface area (Å²) in [5, 5.41) is 10.7. The van der Waals surface area contributed by atoms with E-state index in [1.165, 1.54) is 11.1 Å². The number of fused-ring (bicyclic) bond motifs is 1. The minimum Gasteiger partial charge on any atom is -0.481 e. The number of hydrogen-bond donors (Lipinski definition) is 1. The Morgan fingerprint density at radius 2 is 1.79 bits per heavy atom. The lowest BCUT2D eigenvalue weighted by Crippen LogP contribution is -2.41. The Kier molecular flexibility index (Phi) is 5.63. The fourth-order valence-corrected chi connectivity index (χ4v) is 4.36. The van der Waals surface area contributed by atoms with E-state index in [0.29, 0.717) is 12.5 Å². The van der Waals surface area contributed by atoms with Crippen molar-refractivity contribution in [2.45, 2.75) is 38.6 Å². The number of carboxylic acids is 1. The summed E-state index contributed by atoms with van der Waals surface area (Å²) in [5.41, 5.74) is 4.60. The molecule has 0 bridgehead atoms. The highest BCUT2D eigenvalue weighted by molar-refractivity contribution is 5.79. The fraction of sp³-hybridized carbons (Fsp3) is 0.360. The Morgan fingerprint density at radius 1 is 1.07 bits per heavy atom. The SMILES string of the molecule is CC(C)c1ccc(C(c2cnc3ccccc3c2)N2CCCC(C(=O)O)C2)cc1. The molecule has 2 unspecified atom stereocenters. The Balaban J connectivity index is 1.76. The van der Waals surface area contributed by atoms with E-state index in [1.54, 1.807) is 0 Å². The number of carbonyl (C=O) groups is 1. The second-order valence-corrected chi connectivity index (χ2v) is 8.36. The summed E-state index contributed by atoms with van der Waals surface area (Å²) in [6.07, 6.45) is 3.60. The maximum Gasteiger partial charge on any atom is 0.307 e. The zero-order chi connectivity index (χ0) is 20.4. The minimum absolute atomic E-state index is 0.00969. The van der Waals surface area contributed by atoms with Gasteiger partial charge in [0.2, 0.25) is 0 Å². The summed E-state index contributed by atoms with van der Waals surface area (Å²) >= 11 is 0. The van der Waals surface area contributed by atoms with Gasteiger partial charge in [-0.1, -0.05) is 56.3 Å². The number of nitrogens with zero attached hydrogens (tertiary/aromatic N) is 2. The quantitative estimate of drug-likeness (QED) is 0.649. The standard InChI is InChI=1S/C25H28N2O2/c1-17(2)18-9-11-19(12-10-18)24(27-13-5-7-21(16-27)25(28)29)22-14-20-6-3-4-8-23(20)26-15-22/h3-4,6,8-12,14-15,17,21,24H,5,7,13,16H2,1-2H3,(H,28,29). The van der Waals surface area contributed by atoms with Gasteiger partial charge in [0, 0.05) is 18.1 Å². The van der Waals surface area contributed by atoms with Gasteiger partial charge in [-0.05, 0) is 54.1 Å². The van der Waals surface area contributed by atoms with E-state index in [0.717, 1.165) is 35.9 Å². The van der Waals surface area contributed by atoms with Crippen molar-refractivity contribution in [3.8, 4) is 0 Å². The van der Waals surface area contributed by atoms with Crippen molar-refractivity contribution >= 4 is 16.9 Å². The van der Waals surface area contributed by atoms with E-state index in [4.69, 9.17) is 0 Å². The molecule has 2 heterocycles. The molecule has 4 heteroatoms. The third-order valence-electron chi connectivity index (χ3n) is 6.01. The molecule has 0 amide bonds. The van der Waals surface area contributed by atoms with E-state index in [2.05, 4.69) is 60.1 Å². The molecule has 2 atom stereocenters. The van der Waals surface area contributed by atoms with Crippen molar-refractivity contribution < 1.29 is 9.90 Å². The molecule has 1 fully saturated rings. The summed E-state index contributed by atoms with van der Waals surface area (Å²) in [4.78, 5) is 18.6. The number of pyridine rings is 1. The van der Waals surface area contributed by atoms with E-state index in [-0.39, 0.29) is 12.0 Å². The zero-order valence-electron chi connectivity index (χ0n) is 17.1. The number of para-hydroxylation sites is 1. The van der Waals surface area contributed by atoms with Crippen LogP contribution in [0.4, 0.5) is 0 Å². The maximum absolute atomic E-state index is 11.7. The zero-order valence-corrected chi connectivity index (χ0v) is 17.1. The molecule has 0 aliphatic carbocycles. The minimum atomic E-state index is -0.694. The number of benzene rings is 2. The lowest BCUT2D eigenvalue weighted by molar-refractivity contribution is -0.143. The lowest BCUT2D eigenvalue weighted by atomic mass is 9.90. The second-order valence-electron chi connectivity index (χ2n) is 8.36. The van der Waals surface area contributed by atoms with Gasteiger partial charge < -0.3 is 5.11 Å². The first kappa shape index (κ1) is 19.6. The Morgan fingerprint density at radius 3 is 2.52 bits per heavy atom. The summed E-state index contributed by atoms with van der Waals surface area (Å²) in [6.45, 7) is 5.86. The molecule has 0 saturated carbocycles. The van der Waals surface area contributed by atoms with Gasteiger partial charge in [0.1, 0.15) is 0 Å². The van der Waals surface area contributed by atoms with Gasteiger partial charge in [0.25, 0.3) is 0 Å². The number of aromatic nitrogens is 1. The average Bonchev–Trinajstić information content (AvgIpc) is 2.74. The molecule has 4 nitrogen and oxygen atoms in total. The van der Waals surface area contributed by atoms with Crippen molar-refractivity contribution in [1.29, 1.82) is 0 Å². The van der Waals surface area contributed by atoms with E-state index >= 15 is 0 Å². The maximum atomic E-state index is 11.7. The van der Waals surface area contributed by atoms with Gasteiger partial charge in [-0.2, -0.15) is 0 Å². The number of piperidine rings is 1. The predicted molar refractivity (Wildman–Crippen MR) is 116 cm³/mol. The number of hydrogen-bond acceptors (Lipinski definition) is 3. The van der Waals surface area contributed by atoms with Crippen LogP contribution < -0.4 is 0 Å². The van der Waals surface area contributed by atoms with Gasteiger partial charge in [0.15, 0.2) is 0 Å². The molecule has 2 aromatic carbocycles. The summed E-state index contributed by atoms with van der Waals surface area (Å²) in [6, 6.07) is 19.1. The van der Waals surface area contributed by atoms with Crippen molar-refractivity contribution in [2.24, 2.45) is 5.92 Å². The van der Waals surface area contributed by atoms with Gasteiger partial charge in [0.05, 0.1) is 17.5 Å². The van der Waals surface area contributed by atoms with E-state index in [9.17, 15) is 9.90 Å². The molecule has 0 spiro atoms. The molecule has 0 radical (unpaired) electrons. The number of aliphatic carboxylic acids is 1. The molecule has 29 heavy (non-hydrogen) atoms. The monoisotopic (exact) mass is 388 g/mol. The van der Waals surface area contributed by atoms with Crippen molar-refractivity contribution in [1.82, 2.24) is 9.88 Å². The van der Waals surface area contributed by atoms with Gasteiger partial charge in [-0.15, -0.1) is 0 Å². The number of likely N-dealkylation sites (tertiary alicyclic amines) is 1. The van der Waals surface area contributed by atoms with Gasteiger partial charge in [-0.25, -0.2) is 0 Å². The van der Waals surface area contributed by atoms with Crippen LogP contribution >= 0.6 is 0 Å². The molecular formula is C25H28N2O2. The first-order chi connectivity index (χ1) is 14.0. The van der Waals surface area contributed by atoms with Crippen LogP contribution in [0.5, 0.6) is 0 Å². The van der Waals surface area contributed by atoms with E-state index < -0.39 is 5.97 Å². The highest BCUT2D eigenvalue weighted by Crippen LogP contribution is 2.34. The molecule has 1 aromatic heterocycles. The Bertz CT molecular complexity index is 997. The Labute approximate surface area is 172 Å². The molecule has 4 rings (SSSR count). The van der Waals surface area contributed by atoms with Crippen LogP contribution in [0.15, 0.2) is 60.8 Å². The third kappa shape index (κ3) is 4.18. The molecule has 3 aromatic rings. The first-order valence-electron chi connectivity index (χ1n) is 10.4. The molecule has 1 aliphatic heterocycles. The van der Waals surface area contributed by atoms with Gasteiger partial charge in [-0.3, -0.25) is 14.7 Å². The van der Waals surface area contributed by atoms with Gasteiger partial charge >= 0.3 is 5.97 Å². The van der Waals surface area contributed by atoms with Crippen LogP contribution in [-0.4, -0.2) is 34.0 Å². The van der Waals surface area contributed by atoms with Crippen LogP contribution in [0, 0.1) is 5.92 Å². The smallest absolute Gasteiger partial charge is 0.307 e. The first-order valence-corrected chi connectivity index (χ1v) is 10.4. The van der Waals surface area contributed by atoms with Crippen LogP contribution in [0.1, 0.15) is 55.3 Å². The second kappa shape index (κ2) is 8.34. The van der Waals surface area contributed by atoms with Crippen LogP contribution in [-0.2, 0) is 4.79 Å². The van der Waals surface area contributed by atoms with Crippen molar-refractivity contribution in [3.63, 3.8) is 0 Å². The van der Waals surface area contributed by atoms with Crippen LogP contribution in [0.25, 0.3) is 10.9 Å².